The number of hydrogen-bond donors (Lipinski definition) is 2. The van der Waals surface area contributed by atoms with Gasteiger partial charge in [0.1, 0.15) is 5.56 Å². The van der Waals surface area contributed by atoms with Gasteiger partial charge in [-0.25, -0.2) is 9.18 Å². The van der Waals surface area contributed by atoms with Gasteiger partial charge in [0.05, 0.1) is 0 Å². The first-order chi connectivity index (χ1) is 6.61. The zero-order chi connectivity index (χ0) is 10.3. The Morgan fingerprint density at radius 1 is 1.50 bits per heavy atom. The summed E-state index contributed by atoms with van der Waals surface area (Å²) in [7, 11) is 0. The fourth-order valence-electron chi connectivity index (χ4n) is 1.20. The molecule has 0 fully saturated rings. The van der Waals surface area contributed by atoms with Crippen molar-refractivity contribution in [2.24, 2.45) is 0 Å². The van der Waals surface area contributed by atoms with Gasteiger partial charge in [0.2, 0.25) is 6.79 Å². The molecule has 0 atom stereocenters. The molecule has 1 aliphatic heterocycles. The Morgan fingerprint density at radius 2 is 2.21 bits per heavy atom. The molecule has 0 amide bonds. The molecule has 0 bridgehead atoms. The van der Waals surface area contributed by atoms with Crippen LogP contribution in [0.2, 0.25) is 0 Å². The average molecular weight is 200 g/mol. The van der Waals surface area contributed by atoms with Gasteiger partial charge in [-0.2, -0.15) is 0 Å². The van der Waals surface area contributed by atoms with Crippen LogP contribution in [0.25, 0.3) is 0 Å². The molecular formula is C8H5FO5. The third kappa shape index (κ3) is 1.04. The summed E-state index contributed by atoms with van der Waals surface area (Å²) in [6.07, 6.45) is 0. The first kappa shape index (κ1) is 8.61. The highest BCUT2D eigenvalue weighted by Crippen LogP contribution is 2.41. The van der Waals surface area contributed by atoms with E-state index in [1.54, 1.807) is 0 Å². The highest BCUT2D eigenvalue weighted by molar-refractivity contribution is 5.93. The van der Waals surface area contributed by atoms with E-state index in [0.29, 0.717) is 0 Å². The topological polar surface area (TPSA) is 76.0 Å². The van der Waals surface area contributed by atoms with E-state index in [9.17, 15) is 9.18 Å². The molecule has 1 aliphatic rings. The fraction of sp³-hybridized carbons (Fsp3) is 0.125. The number of fused-ring (bicyclic) bond motifs is 1. The molecule has 14 heavy (non-hydrogen) atoms. The van der Waals surface area contributed by atoms with Crippen LogP contribution in [0.4, 0.5) is 4.39 Å². The maximum absolute atomic E-state index is 13.1. The van der Waals surface area contributed by atoms with Crippen molar-refractivity contribution in [1.29, 1.82) is 0 Å². The number of halogens is 1. The zero-order valence-electron chi connectivity index (χ0n) is 6.78. The van der Waals surface area contributed by atoms with Crippen LogP contribution >= 0.6 is 0 Å². The van der Waals surface area contributed by atoms with Gasteiger partial charge in [0.15, 0.2) is 23.1 Å². The summed E-state index contributed by atoms with van der Waals surface area (Å²) >= 11 is 0. The summed E-state index contributed by atoms with van der Waals surface area (Å²) in [6.45, 7) is -0.182. The lowest BCUT2D eigenvalue weighted by atomic mass is 10.1. The van der Waals surface area contributed by atoms with E-state index in [1.165, 1.54) is 0 Å². The lowest BCUT2D eigenvalue weighted by Gasteiger charge is -2.03. The van der Waals surface area contributed by atoms with Crippen molar-refractivity contribution in [3.05, 3.63) is 17.4 Å². The summed E-state index contributed by atoms with van der Waals surface area (Å²) in [5.41, 5.74) is -0.711. The molecular weight excluding hydrogens is 195 g/mol. The quantitative estimate of drug-likeness (QED) is 0.706. The number of carboxylic acid groups (broad SMARTS) is 1. The van der Waals surface area contributed by atoms with Crippen molar-refractivity contribution < 1.29 is 28.9 Å². The van der Waals surface area contributed by atoms with Crippen molar-refractivity contribution in [2.75, 3.05) is 6.79 Å². The van der Waals surface area contributed by atoms with Crippen molar-refractivity contribution in [3.63, 3.8) is 0 Å². The van der Waals surface area contributed by atoms with E-state index < -0.39 is 23.1 Å². The maximum atomic E-state index is 13.1. The Morgan fingerprint density at radius 3 is 2.86 bits per heavy atom. The molecule has 0 aliphatic carbocycles. The van der Waals surface area contributed by atoms with Gasteiger partial charge in [0, 0.05) is 6.07 Å². The molecule has 1 heterocycles. The first-order valence-corrected chi connectivity index (χ1v) is 3.65. The minimum Gasteiger partial charge on any atom is -0.505 e. The molecule has 0 saturated heterocycles. The van der Waals surface area contributed by atoms with Crippen molar-refractivity contribution in [3.8, 4) is 17.2 Å². The van der Waals surface area contributed by atoms with Gasteiger partial charge in [0.25, 0.3) is 0 Å². The number of phenolic OH excluding ortho intramolecular Hbond substituents is 1. The first-order valence-electron chi connectivity index (χ1n) is 3.65. The molecule has 0 spiro atoms. The third-order valence-electron chi connectivity index (χ3n) is 1.79. The molecule has 1 aromatic carbocycles. The van der Waals surface area contributed by atoms with Crippen LogP contribution in [-0.2, 0) is 0 Å². The summed E-state index contributed by atoms with van der Waals surface area (Å²) in [5, 5.41) is 17.7. The summed E-state index contributed by atoms with van der Waals surface area (Å²) in [6, 6.07) is 0.976. The van der Waals surface area contributed by atoms with Crippen LogP contribution in [0.3, 0.4) is 0 Å². The van der Waals surface area contributed by atoms with E-state index in [-0.39, 0.29) is 18.3 Å². The Kier molecular flexibility index (Phi) is 1.70. The van der Waals surface area contributed by atoms with Crippen molar-refractivity contribution in [2.45, 2.75) is 0 Å². The number of carbonyl (C=O) groups is 1. The fourth-order valence-corrected chi connectivity index (χ4v) is 1.20. The SMILES string of the molecule is O=C(O)c1c(F)c(O)cc2c1OCO2. The second kappa shape index (κ2) is 2.76. The largest absolute Gasteiger partial charge is 0.505 e. The van der Waals surface area contributed by atoms with E-state index in [1.807, 2.05) is 0 Å². The molecule has 6 heteroatoms. The lowest BCUT2D eigenvalue weighted by Crippen LogP contribution is -2.03. The Balaban J connectivity index is 2.72. The number of carboxylic acids is 1. The lowest BCUT2D eigenvalue weighted by molar-refractivity contribution is 0.0686. The van der Waals surface area contributed by atoms with Gasteiger partial charge in [-0.3, -0.25) is 0 Å². The summed E-state index contributed by atoms with van der Waals surface area (Å²) in [5.74, 6) is -3.66. The predicted octanol–water partition coefficient (Wildman–Crippen LogP) is 0.958. The van der Waals surface area contributed by atoms with E-state index >= 15 is 0 Å². The standard InChI is InChI=1S/C8H5FO5/c9-6-3(10)1-4-7(14-2-13-4)5(6)8(11)12/h1,10H,2H2,(H,11,12). The van der Waals surface area contributed by atoms with Crippen LogP contribution in [0.15, 0.2) is 6.07 Å². The number of aromatic carboxylic acids is 1. The molecule has 0 radical (unpaired) electrons. The molecule has 2 rings (SSSR count). The van der Waals surface area contributed by atoms with Gasteiger partial charge in [-0.05, 0) is 0 Å². The van der Waals surface area contributed by atoms with Crippen LogP contribution in [0.1, 0.15) is 10.4 Å². The number of phenols is 1. The van der Waals surface area contributed by atoms with E-state index in [2.05, 4.69) is 0 Å². The summed E-state index contributed by atoms with van der Waals surface area (Å²) in [4.78, 5) is 10.6. The summed E-state index contributed by atoms with van der Waals surface area (Å²) < 4.78 is 22.7. The Labute approximate surface area is 77.3 Å². The van der Waals surface area contributed by atoms with Crippen molar-refractivity contribution >= 4 is 5.97 Å². The molecule has 2 N–H and O–H groups in total. The van der Waals surface area contributed by atoms with Crippen molar-refractivity contribution in [1.82, 2.24) is 0 Å². The van der Waals surface area contributed by atoms with Gasteiger partial charge < -0.3 is 19.7 Å². The monoisotopic (exact) mass is 200 g/mol. The second-order valence-corrected chi connectivity index (χ2v) is 2.62. The number of ether oxygens (including phenoxy) is 2. The van der Waals surface area contributed by atoms with E-state index in [0.717, 1.165) is 6.07 Å². The van der Waals surface area contributed by atoms with Gasteiger partial charge in [-0.15, -0.1) is 0 Å². The molecule has 0 unspecified atom stereocenters. The third-order valence-corrected chi connectivity index (χ3v) is 1.79. The molecule has 1 aromatic rings. The number of hydrogen-bond acceptors (Lipinski definition) is 4. The predicted molar refractivity (Wildman–Crippen MR) is 41.1 cm³/mol. The van der Waals surface area contributed by atoms with Crippen LogP contribution < -0.4 is 9.47 Å². The smallest absolute Gasteiger partial charge is 0.342 e. The van der Waals surface area contributed by atoms with Crippen LogP contribution in [0.5, 0.6) is 17.2 Å². The zero-order valence-corrected chi connectivity index (χ0v) is 6.78. The number of benzene rings is 1. The van der Waals surface area contributed by atoms with Gasteiger partial charge in [-0.1, -0.05) is 0 Å². The van der Waals surface area contributed by atoms with Gasteiger partial charge >= 0.3 is 5.97 Å². The Bertz CT molecular complexity index is 415. The van der Waals surface area contributed by atoms with E-state index in [4.69, 9.17) is 19.7 Å². The average Bonchev–Trinajstić information content (AvgIpc) is 2.52. The molecule has 5 nitrogen and oxygen atoms in total. The molecule has 0 aromatic heterocycles. The van der Waals surface area contributed by atoms with Crippen LogP contribution in [0, 0.1) is 5.82 Å². The normalized spacial score (nSPS) is 12.9. The molecule has 0 saturated carbocycles. The van der Waals surface area contributed by atoms with Crippen LogP contribution in [-0.4, -0.2) is 23.0 Å². The maximum Gasteiger partial charge on any atom is 0.342 e. The second-order valence-electron chi connectivity index (χ2n) is 2.62. The molecule has 74 valence electrons. The minimum absolute atomic E-state index is 0.0290. The Hall–Kier alpha value is -1.98. The number of aromatic hydroxyl groups is 1. The number of rotatable bonds is 1. The highest BCUT2D eigenvalue weighted by atomic mass is 19.1. The minimum atomic E-state index is -1.51. The highest BCUT2D eigenvalue weighted by Gasteiger charge is 2.28.